The first-order valence-corrected chi connectivity index (χ1v) is 8.43. The molecule has 2 aromatic carbocycles. The van der Waals surface area contributed by atoms with Crippen LogP contribution in [-0.4, -0.2) is 33.0 Å². The average molecular weight is 369 g/mol. The molecule has 0 aliphatic rings. The van der Waals surface area contributed by atoms with Crippen LogP contribution in [0.15, 0.2) is 48.8 Å². The second-order valence-electron chi connectivity index (χ2n) is 6.57. The molecular formula is C22H20MgN2O2. The molecule has 0 bridgehead atoms. The van der Waals surface area contributed by atoms with Crippen LogP contribution in [0.25, 0.3) is 21.8 Å². The number of nitrogens with zero attached hydrogens (tertiary/aromatic N) is 2. The fourth-order valence-corrected chi connectivity index (χ4v) is 2.99. The van der Waals surface area contributed by atoms with Gasteiger partial charge in [-0.1, -0.05) is 34.8 Å². The Morgan fingerprint density at radius 1 is 0.630 bits per heavy atom. The van der Waals surface area contributed by atoms with Crippen molar-refractivity contribution in [2.45, 2.75) is 27.7 Å². The molecule has 0 aliphatic heterocycles. The van der Waals surface area contributed by atoms with E-state index in [0.717, 1.165) is 33.0 Å². The summed E-state index contributed by atoms with van der Waals surface area (Å²) in [6, 6.07) is 11.1. The van der Waals surface area contributed by atoms with Gasteiger partial charge in [-0.25, -0.2) is 0 Å². The van der Waals surface area contributed by atoms with Gasteiger partial charge in [-0.2, -0.15) is 0 Å². The van der Waals surface area contributed by atoms with Crippen molar-refractivity contribution in [2.75, 3.05) is 0 Å². The van der Waals surface area contributed by atoms with Crippen LogP contribution in [0.1, 0.15) is 22.3 Å². The van der Waals surface area contributed by atoms with E-state index < -0.39 is 0 Å². The van der Waals surface area contributed by atoms with E-state index in [1.54, 1.807) is 24.5 Å². The summed E-state index contributed by atoms with van der Waals surface area (Å²) in [6.45, 7) is 7.83. The minimum absolute atomic E-state index is 0. The Kier molecular flexibility index (Phi) is 6.62. The van der Waals surface area contributed by atoms with Crippen LogP contribution >= 0.6 is 0 Å². The van der Waals surface area contributed by atoms with Crippen molar-refractivity contribution in [1.29, 1.82) is 0 Å². The smallest absolute Gasteiger partial charge is 0.871 e. The number of rotatable bonds is 0. The molecule has 0 saturated heterocycles. The van der Waals surface area contributed by atoms with Crippen molar-refractivity contribution < 1.29 is 10.2 Å². The fraction of sp³-hybridized carbons (Fsp3) is 0.182. The largest absolute Gasteiger partial charge is 2.00 e. The Hall–Kier alpha value is -2.37. The number of aromatic nitrogens is 2. The molecule has 27 heavy (non-hydrogen) atoms. The minimum atomic E-state index is 0. The summed E-state index contributed by atoms with van der Waals surface area (Å²) in [7, 11) is 0. The fourth-order valence-electron chi connectivity index (χ4n) is 2.99. The molecule has 5 heteroatoms. The normalized spacial score (nSPS) is 10.2. The second-order valence-corrected chi connectivity index (χ2v) is 6.57. The predicted octanol–water partition coefficient (Wildman–Crippen LogP) is 3.47. The van der Waals surface area contributed by atoms with Gasteiger partial charge in [-0.05, 0) is 63.1 Å². The van der Waals surface area contributed by atoms with Crippen molar-refractivity contribution in [3.05, 3.63) is 71.0 Å². The van der Waals surface area contributed by atoms with Crippen molar-refractivity contribution in [2.24, 2.45) is 0 Å². The number of pyridine rings is 2. The van der Waals surface area contributed by atoms with Crippen molar-refractivity contribution in [3.63, 3.8) is 0 Å². The summed E-state index contributed by atoms with van der Waals surface area (Å²) in [5.74, 6) is 0.0254. The summed E-state index contributed by atoms with van der Waals surface area (Å²) in [5, 5.41) is 24.9. The molecule has 0 spiro atoms. The molecule has 0 unspecified atom stereocenters. The molecule has 0 atom stereocenters. The number of benzene rings is 2. The average Bonchev–Trinajstić information content (AvgIpc) is 2.57. The molecule has 0 N–H and O–H groups in total. The van der Waals surface area contributed by atoms with Gasteiger partial charge in [0, 0.05) is 23.2 Å². The molecule has 4 aromatic rings. The number of fused-ring (bicyclic) bond motifs is 2. The summed E-state index contributed by atoms with van der Waals surface area (Å²) >= 11 is 0. The molecule has 2 aromatic heterocycles. The van der Waals surface area contributed by atoms with Crippen LogP contribution in [0.5, 0.6) is 11.5 Å². The number of hydrogen-bond donors (Lipinski definition) is 0. The van der Waals surface area contributed by atoms with Gasteiger partial charge >= 0.3 is 23.1 Å². The Morgan fingerprint density at radius 2 is 1.00 bits per heavy atom. The van der Waals surface area contributed by atoms with Gasteiger partial charge in [0.2, 0.25) is 0 Å². The standard InChI is InChI=1S/2C11H11NO.Mg/c2*1-7-5-9-8(2)3-4-12-11(9)10(13)6-7;/h2*3-6,13H,1-2H3;/q;;+2/p-2. The van der Waals surface area contributed by atoms with E-state index in [1.165, 1.54) is 0 Å². The number of hydrogen-bond acceptors (Lipinski definition) is 4. The maximum absolute atomic E-state index is 11.5. The molecule has 4 nitrogen and oxygen atoms in total. The van der Waals surface area contributed by atoms with Crippen molar-refractivity contribution >= 4 is 44.9 Å². The molecule has 0 radical (unpaired) electrons. The number of aryl methyl sites for hydroxylation is 4. The topological polar surface area (TPSA) is 71.9 Å². The van der Waals surface area contributed by atoms with E-state index in [1.807, 2.05) is 52.0 Å². The Morgan fingerprint density at radius 3 is 1.37 bits per heavy atom. The summed E-state index contributed by atoms with van der Waals surface area (Å²) in [4.78, 5) is 8.14. The van der Waals surface area contributed by atoms with E-state index in [-0.39, 0.29) is 34.6 Å². The van der Waals surface area contributed by atoms with E-state index in [4.69, 9.17) is 0 Å². The van der Waals surface area contributed by atoms with Gasteiger partial charge in [0.15, 0.2) is 0 Å². The van der Waals surface area contributed by atoms with Crippen LogP contribution in [0.3, 0.4) is 0 Å². The van der Waals surface area contributed by atoms with Crippen molar-refractivity contribution in [3.8, 4) is 11.5 Å². The molecule has 2 heterocycles. The SMILES string of the molecule is Cc1cc([O-])c2nccc(C)c2c1.Cc1cc([O-])c2nccc(C)c2c1.[Mg+2]. The molecule has 0 aliphatic carbocycles. The Bertz CT molecular complexity index is 1020. The zero-order valence-electron chi connectivity index (χ0n) is 16.0. The third kappa shape index (κ3) is 4.49. The summed E-state index contributed by atoms with van der Waals surface area (Å²) in [6.07, 6.45) is 3.35. The van der Waals surface area contributed by atoms with E-state index >= 15 is 0 Å². The second kappa shape index (κ2) is 8.54. The minimum Gasteiger partial charge on any atom is -0.871 e. The van der Waals surface area contributed by atoms with Crippen LogP contribution in [0.2, 0.25) is 0 Å². The third-order valence-electron chi connectivity index (χ3n) is 4.34. The van der Waals surface area contributed by atoms with E-state index in [0.29, 0.717) is 11.0 Å². The molecular weight excluding hydrogens is 349 g/mol. The Labute approximate surface area is 175 Å². The zero-order valence-corrected chi connectivity index (χ0v) is 17.5. The van der Waals surface area contributed by atoms with Gasteiger partial charge in [-0.15, -0.1) is 0 Å². The molecule has 0 fully saturated rings. The van der Waals surface area contributed by atoms with Crippen LogP contribution in [-0.2, 0) is 0 Å². The van der Waals surface area contributed by atoms with Gasteiger partial charge in [0.1, 0.15) is 0 Å². The summed E-state index contributed by atoms with van der Waals surface area (Å²) in [5.41, 5.74) is 5.34. The van der Waals surface area contributed by atoms with Gasteiger partial charge in [0.25, 0.3) is 0 Å². The van der Waals surface area contributed by atoms with E-state index in [2.05, 4.69) is 9.97 Å². The van der Waals surface area contributed by atoms with Gasteiger partial charge < -0.3 is 10.2 Å². The summed E-state index contributed by atoms with van der Waals surface area (Å²) < 4.78 is 0. The first-order valence-electron chi connectivity index (χ1n) is 8.43. The third-order valence-corrected chi connectivity index (χ3v) is 4.34. The molecule has 4 rings (SSSR count). The van der Waals surface area contributed by atoms with Gasteiger partial charge in [-0.3, -0.25) is 9.97 Å². The first-order chi connectivity index (χ1) is 12.4. The molecule has 0 amide bonds. The van der Waals surface area contributed by atoms with Crippen LogP contribution in [0.4, 0.5) is 0 Å². The molecule has 132 valence electrons. The maximum Gasteiger partial charge on any atom is 2.00 e. The van der Waals surface area contributed by atoms with Gasteiger partial charge in [0.05, 0.1) is 11.0 Å². The Balaban J connectivity index is 0.000000187. The van der Waals surface area contributed by atoms with Crippen LogP contribution in [0, 0.1) is 27.7 Å². The zero-order chi connectivity index (χ0) is 18.8. The quantitative estimate of drug-likeness (QED) is 0.445. The van der Waals surface area contributed by atoms with Crippen molar-refractivity contribution in [1.82, 2.24) is 9.97 Å². The first kappa shape index (κ1) is 20.9. The predicted molar refractivity (Wildman–Crippen MR) is 107 cm³/mol. The van der Waals surface area contributed by atoms with E-state index in [9.17, 15) is 10.2 Å². The maximum atomic E-state index is 11.5. The molecule has 0 saturated carbocycles. The van der Waals surface area contributed by atoms with Crippen LogP contribution < -0.4 is 10.2 Å². The monoisotopic (exact) mass is 368 g/mol.